The summed E-state index contributed by atoms with van der Waals surface area (Å²) in [6.45, 7) is 9.18. The smallest absolute Gasteiger partial charge is 0.242 e. The van der Waals surface area contributed by atoms with Crippen LogP contribution in [0, 0.1) is 6.92 Å². The van der Waals surface area contributed by atoms with Crippen LogP contribution in [-0.2, 0) is 6.54 Å². The second-order valence-electron chi connectivity index (χ2n) is 4.52. The molecule has 0 heterocycles. The number of rotatable bonds is 3. The predicted molar refractivity (Wildman–Crippen MR) is 63.0 cm³/mol. The molecule has 0 aliphatic rings. The van der Waals surface area contributed by atoms with Crippen molar-refractivity contribution < 1.29 is 4.43 Å². The number of aryl methyl sites for hydroxylation is 1. The van der Waals surface area contributed by atoms with Crippen LogP contribution in [0.1, 0.15) is 11.1 Å². The largest absolute Gasteiger partial charge is 0.544 e. The molecule has 1 aromatic carbocycles. The average Bonchev–Trinajstić information content (AvgIpc) is 2.06. The molecule has 0 aliphatic carbocycles. The van der Waals surface area contributed by atoms with Crippen LogP contribution in [0.25, 0.3) is 0 Å². The Bertz CT molecular complexity index is 318. The van der Waals surface area contributed by atoms with Gasteiger partial charge in [0.1, 0.15) is 5.75 Å². The molecule has 3 heteroatoms. The highest BCUT2D eigenvalue weighted by atomic mass is 28.4. The Morgan fingerprint density at radius 2 is 1.93 bits per heavy atom. The first-order chi connectivity index (χ1) is 6.42. The summed E-state index contributed by atoms with van der Waals surface area (Å²) in [5.41, 5.74) is 7.90. The zero-order valence-electron chi connectivity index (χ0n) is 9.42. The Morgan fingerprint density at radius 1 is 1.29 bits per heavy atom. The maximum Gasteiger partial charge on any atom is 0.242 e. The van der Waals surface area contributed by atoms with Gasteiger partial charge in [0.05, 0.1) is 0 Å². The molecule has 78 valence electrons. The Labute approximate surface area is 87.2 Å². The highest BCUT2D eigenvalue weighted by Gasteiger charge is 2.17. The van der Waals surface area contributed by atoms with Crippen molar-refractivity contribution in [2.75, 3.05) is 0 Å². The SMILES string of the molecule is Cc1ccc(CN)cc1O[Si](C)(C)C. The first-order valence-corrected chi connectivity index (χ1v) is 8.32. The van der Waals surface area contributed by atoms with Gasteiger partial charge < -0.3 is 10.2 Å². The molecule has 0 atom stereocenters. The summed E-state index contributed by atoms with van der Waals surface area (Å²) in [5, 5.41) is 0. The minimum Gasteiger partial charge on any atom is -0.544 e. The molecule has 0 amide bonds. The second-order valence-corrected chi connectivity index (χ2v) is 8.95. The monoisotopic (exact) mass is 209 g/mol. The fraction of sp³-hybridized carbons (Fsp3) is 0.455. The lowest BCUT2D eigenvalue weighted by Crippen LogP contribution is -2.29. The Balaban J connectivity index is 2.95. The van der Waals surface area contributed by atoms with E-state index in [1.54, 1.807) is 0 Å². The van der Waals surface area contributed by atoms with Crippen molar-refractivity contribution >= 4 is 8.32 Å². The summed E-state index contributed by atoms with van der Waals surface area (Å²) in [6.07, 6.45) is 0. The van der Waals surface area contributed by atoms with Crippen LogP contribution in [0.15, 0.2) is 18.2 Å². The third-order valence-electron chi connectivity index (χ3n) is 1.90. The average molecular weight is 209 g/mol. The van der Waals surface area contributed by atoms with Crippen molar-refractivity contribution in [3.63, 3.8) is 0 Å². The Hall–Kier alpha value is -0.803. The van der Waals surface area contributed by atoms with Gasteiger partial charge >= 0.3 is 0 Å². The van der Waals surface area contributed by atoms with E-state index in [9.17, 15) is 0 Å². The van der Waals surface area contributed by atoms with Gasteiger partial charge in [-0.05, 0) is 43.8 Å². The van der Waals surface area contributed by atoms with E-state index < -0.39 is 8.32 Å². The van der Waals surface area contributed by atoms with Gasteiger partial charge in [0.15, 0.2) is 0 Å². The lowest BCUT2D eigenvalue weighted by molar-refractivity contribution is 0.552. The number of hydrogen-bond donors (Lipinski definition) is 1. The van der Waals surface area contributed by atoms with E-state index in [4.69, 9.17) is 10.2 Å². The van der Waals surface area contributed by atoms with E-state index >= 15 is 0 Å². The van der Waals surface area contributed by atoms with E-state index in [-0.39, 0.29) is 0 Å². The summed E-state index contributed by atoms with van der Waals surface area (Å²) in [4.78, 5) is 0. The fourth-order valence-electron chi connectivity index (χ4n) is 1.21. The molecule has 0 bridgehead atoms. The highest BCUT2D eigenvalue weighted by Crippen LogP contribution is 2.22. The molecule has 0 saturated heterocycles. The molecule has 14 heavy (non-hydrogen) atoms. The number of benzene rings is 1. The maximum atomic E-state index is 5.96. The van der Waals surface area contributed by atoms with Crippen molar-refractivity contribution in [2.24, 2.45) is 5.73 Å². The van der Waals surface area contributed by atoms with Crippen molar-refractivity contribution in [2.45, 2.75) is 33.1 Å². The van der Waals surface area contributed by atoms with Gasteiger partial charge in [0.25, 0.3) is 0 Å². The van der Waals surface area contributed by atoms with Crippen molar-refractivity contribution in [3.8, 4) is 5.75 Å². The molecular weight excluding hydrogens is 190 g/mol. The molecule has 0 radical (unpaired) electrons. The first-order valence-electron chi connectivity index (χ1n) is 4.91. The molecule has 0 spiro atoms. The van der Waals surface area contributed by atoms with Gasteiger partial charge in [-0.3, -0.25) is 0 Å². The van der Waals surface area contributed by atoms with Crippen LogP contribution in [0.2, 0.25) is 19.6 Å². The van der Waals surface area contributed by atoms with E-state index in [0.29, 0.717) is 6.54 Å². The molecule has 0 aliphatic heterocycles. The second kappa shape index (κ2) is 4.15. The topological polar surface area (TPSA) is 35.2 Å². The van der Waals surface area contributed by atoms with Crippen LogP contribution >= 0.6 is 0 Å². The van der Waals surface area contributed by atoms with E-state index in [1.165, 1.54) is 5.56 Å². The van der Waals surface area contributed by atoms with Gasteiger partial charge in [-0.2, -0.15) is 0 Å². The minimum atomic E-state index is -1.51. The standard InChI is InChI=1S/C11H19NOSi/c1-9-5-6-10(8-12)7-11(9)13-14(2,3)4/h5-7H,8,12H2,1-4H3. The van der Waals surface area contributed by atoms with Crippen LogP contribution in [0.4, 0.5) is 0 Å². The Kier molecular flexibility index (Phi) is 3.34. The molecule has 2 N–H and O–H groups in total. The zero-order valence-corrected chi connectivity index (χ0v) is 10.4. The summed E-state index contributed by atoms with van der Waals surface area (Å²) < 4.78 is 5.96. The van der Waals surface area contributed by atoms with Crippen LogP contribution < -0.4 is 10.2 Å². The number of hydrogen-bond acceptors (Lipinski definition) is 2. The van der Waals surface area contributed by atoms with Gasteiger partial charge in [0.2, 0.25) is 8.32 Å². The summed E-state index contributed by atoms with van der Waals surface area (Å²) >= 11 is 0. The molecule has 2 nitrogen and oxygen atoms in total. The van der Waals surface area contributed by atoms with E-state index in [0.717, 1.165) is 11.3 Å². The van der Waals surface area contributed by atoms with Gasteiger partial charge in [-0.1, -0.05) is 12.1 Å². The Morgan fingerprint density at radius 3 is 2.43 bits per heavy atom. The molecule has 0 fully saturated rings. The van der Waals surface area contributed by atoms with Crippen molar-refractivity contribution in [1.82, 2.24) is 0 Å². The molecule has 0 saturated carbocycles. The highest BCUT2D eigenvalue weighted by molar-refractivity contribution is 6.70. The first kappa shape index (κ1) is 11.3. The third-order valence-corrected chi connectivity index (χ3v) is 2.74. The minimum absolute atomic E-state index is 0.572. The molecule has 0 unspecified atom stereocenters. The molecule has 0 aromatic heterocycles. The van der Waals surface area contributed by atoms with Crippen LogP contribution in [0.5, 0.6) is 5.75 Å². The van der Waals surface area contributed by atoms with Crippen molar-refractivity contribution in [1.29, 1.82) is 0 Å². The lowest BCUT2D eigenvalue weighted by atomic mass is 10.1. The van der Waals surface area contributed by atoms with Gasteiger partial charge in [-0.15, -0.1) is 0 Å². The normalized spacial score (nSPS) is 11.5. The maximum absolute atomic E-state index is 5.96. The van der Waals surface area contributed by atoms with Gasteiger partial charge in [-0.25, -0.2) is 0 Å². The van der Waals surface area contributed by atoms with Crippen molar-refractivity contribution in [3.05, 3.63) is 29.3 Å². The third kappa shape index (κ3) is 3.16. The molecule has 1 rings (SSSR count). The van der Waals surface area contributed by atoms with Crippen LogP contribution in [0.3, 0.4) is 0 Å². The van der Waals surface area contributed by atoms with Crippen LogP contribution in [-0.4, -0.2) is 8.32 Å². The molecule has 1 aromatic rings. The lowest BCUT2D eigenvalue weighted by Gasteiger charge is -2.21. The summed E-state index contributed by atoms with van der Waals surface area (Å²) in [6, 6.07) is 6.16. The fourth-order valence-corrected chi connectivity index (χ4v) is 2.09. The van der Waals surface area contributed by atoms with E-state index in [2.05, 4.69) is 32.6 Å². The summed E-state index contributed by atoms with van der Waals surface area (Å²) in [7, 11) is -1.51. The summed E-state index contributed by atoms with van der Waals surface area (Å²) in [5.74, 6) is 0.993. The number of nitrogens with two attached hydrogens (primary N) is 1. The van der Waals surface area contributed by atoms with E-state index in [1.807, 2.05) is 12.1 Å². The molecular formula is C11H19NOSi. The van der Waals surface area contributed by atoms with Gasteiger partial charge in [0, 0.05) is 6.54 Å². The quantitative estimate of drug-likeness (QED) is 0.777. The zero-order chi connectivity index (χ0) is 10.8. The predicted octanol–water partition coefficient (Wildman–Crippen LogP) is 2.67.